The number of hydrogen-bond acceptors (Lipinski definition) is 3. The van der Waals surface area contributed by atoms with Crippen molar-refractivity contribution < 1.29 is 22.0 Å². The number of sulfonamides is 1. The van der Waals surface area contributed by atoms with Crippen LogP contribution in [0.2, 0.25) is 0 Å². The molecule has 2 amide bonds. The van der Waals surface area contributed by atoms with Crippen molar-refractivity contribution in [3.63, 3.8) is 0 Å². The van der Waals surface area contributed by atoms with Crippen LogP contribution in [0, 0.1) is 11.6 Å². The maximum absolute atomic E-state index is 13.3. The van der Waals surface area contributed by atoms with Gasteiger partial charge in [0.05, 0.1) is 17.0 Å². The molecule has 0 aromatic heterocycles. The predicted octanol–water partition coefficient (Wildman–Crippen LogP) is 2.73. The lowest BCUT2D eigenvalue weighted by Crippen LogP contribution is -2.38. The summed E-state index contributed by atoms with van der Waals surface area (Å²) in [5.74, 6) is -1.96. The molecule has 140 valence electrons. The number of nitrogens with one attached hydrogen (secondary N) is 2. The Hall–Kier alpha value is -2.52. The zero-order chi connectivity index (χ0) is 19.5. The average molecular weight is 383 g/mol. The molecule has 0 aliphatic carbocycles. The molecule has 4 N–H and O–H groups in total. The summed E-state index contributed by atoms with van der Waals surface area (Å²) >= 11 is 0. The Morgan fingerprint density at radius 2 is 1.54 bits per heavy atom. The van der Waals surface area contributed by atoms with E-state index in [0.717, 1.165) is 12.1 Å². The van der Waals surface area contributed by atoms with Crippen LogP contribution in [-0.4, -0.2) is 14.4 Å². The molecule has 2 rings (SSSR count). The number of hydrogen-bond donors (Lipinski definition) is 3. The average Bonchev–Trinajstić information content (AvgIpc) is 2.56. The molecule has 2 atom stereocenters. The van der Waals surface area contributed by atoms with Gasteiger partial charge in [0.15, 0.2) is 11.6 Å². The van der Waals surface area contributed by atoms with Gasteiger partial charge in [-0.2, -0.15) is 0 Å². The van der Waals surface area contributed by atoms with Crippen molar-refractivity contribution in [2.75, 3.05) is 0 Å². The maximum Gasteiger partial charge on any atom is 0.315 e. The Bertz CT molecular complexity index is 919. The van der Waals surface area contributed by atoms with Crippen molar-refractivity contribution in [3.05, 3.63) is 65.2 Å². The summed E-state index contributed by atoms with van der Waals surface area (Å²) in [4.78, 5) is 12.1. The van der Waals surface area contributed by atoms with Crippen LogP contribution in [0.15, 0.2) is 47.4 Å². The van der Waals surface area contributed by atoms with E-state index in [1.165, 1.54) is 24.3 Å². The van der Waals surface area contributed by atoms with E-state index in [0.29, 0.717) is 11.1 Å². The number of carbonyl (C=O) groups excluding carboxylic acids is 1. The van der Waals surface area contributed by atoms with Crippen LogP contribution in [-0.2, 0) is 10.0 Å². The third-order valence-corrected chi connectivity index (χ3v) is 4.74. The minimum absolute atomic E-state index is 0.0563. The molecule has 6 nitrogen and oxygen atoms in total. The van der Waals surface area contributed by atoms with Crippen LogP contribution in [0.5, 0.6) is 0 Å². The third-order valence-electron chi connectivity index (χ3n) is 3.83. The molecular weight excluding hydrogens is 364 g/mol. The number of amides is 2. The van der Waals surface area contributed by atoms with E-state index in [1.807, 2.05) is 0 Å². The summed E-state index contributed by atoms with van der Waals surface area (Å²) in [7, 11) is -3.84. The van der Waals surface area contributed by atoms with E-state index < -0.39 is 39.8 Å². The first-order chi connectivity index (χ1) is 12.1. The van der Waals surface area contributed by atoms with Gasteiger partial charge in [-0.3, -0.25) is 0 Å². The Balaban J connectivity index is 2.04. The highest BCUT2D eigenvalue weighted by Gasteiger charge is 2.16. The molecule has 0 heterocycles. The van der Waals surface area contributed by atoms with Gasteiger partial charge in [-0.1, -0.05) is 18.2 Å². The lowest BCUT2D eigenvalue weighted by molar-refractivity contribution is 0.235. The second-order valence-electron chi connectivity index (χ2n) is 5.85. The van der Waals surface area contributed by atoms with E-state index in [9.17, 15) is 22.0 Å². The highest BCUT2D eigenvalue weighted by molar-refractivity contribution is 7.89. The molecule has 2 unspecified atom stereocenters. The normalized spacial score (nSPS) is 13.7. The lowest BCUT2D eigenvalue weighted by Gasteiger charge is -2.19. The van der Waals surface area contributed by atoms with Crippen molar-refractivity contribution in [3.8, 4) is 0 Å². The van der Waals surface area contributed by atoms with E-state index in [-0.39, 0.29) is 4.90 Å². The zero-order valence-electron chi connectivity index (χ0n) is 14.2. The van der Waals surface area contributed by atoms with Gasteiger partial charge in [-0.05, 0) is 49.2 Å². The van der Waals surface area contributed by atoms with E-state index in [1.54, 1.807) is 19.9 Å². The van der Waals surface area contributed by atoms with E-state index in [2.05, 4.69) is 10.6 Å². The second-order valence-corrected chi connectivity index (χ2v) is 7.41. The second kappa shape index (κ2) is 7.79. The minimum Gasteiger partial charge on any atom is -0.332 e. The molecule has 0 saturated carbocycles. The molecule has 0 bridgehead atoms. The quantitative estimate of drug-likeness (QED) is 0.740. The Labute approximate surface area is 150 Å². The first-order valence-electron chi connectivity index (χ1n) is 7.72. The van der Waals surface area contributed by atoms with Crippen molar-refractivity contribution >= 4 is 16.1 Å². The van der Waals surface area contributed by atoms with Crippen LogP contribution in [0.1, 0.15) is 37.1 Å². The molecule has 26 heavy (non-hydrogen) atoms. The first-order valence-corrected chi connectivity index (χ1v) is 9.27. The molecule has 0 aliphatic rings. The molecule has 0 aliphatic heterocycles. The van der Waals surface area contributed by atoms with Gasteiger partial charge in [-0.15, -0.1) is 0 Å². The SMILES string of the molecule is CC(NC(=O)NC(C)c1ccc(F)c(F)c1)c1cccc(S(N)(=O)=O)c1. The number of carbonyl (C=O) groups is 1. The molecule has 2 aromatic carbocycles. The monoisotopic (exact) mass is 383 g/mol. The first kappa shape index (κ1) is 19.8. The van der Waals surface area contributed by atoms with Gasteiger partial charge >= 0.3 is 6.03 Å². The summed E-state index contributed by atoms with van der Waals surface area (Å²) in [5.41, 5.74) is 0.954. The molecule has 9 heteroatoms. The Morgan fingerprint density at radius 3 is 2.08 bits per heavy atom. The van der Waals surface area contributed by atoms with Crippen molar-refractivity contribution in [1.29, 1.82) is 0 Å². The fraction of sp³-hybridized carbons (Fsp3) is 0.235. The molecule has 0 saturated heterocycles. The van der Waals surface area contributed by atoms with Crippen molar-refractivity contribution in [2.24, 2.45) is 5.14 Å². The topological polar surface area (TPSA) is 101 Å². The van der Waals surface area contributed by atoms with Gasteiger partial charge < -0.3 is 10.6 Å². The standard InChI is InChI=1S/C17H19F2N3O3S/c1-10(12-4-3-5-14(8-12)26(20,24)25)21-17(23)22-11(2)13-6-7-15(18)16(19)9-13/h3-11H,1-2H3,(H2,20,24,25)(H2,21,22,23). The van der Waals surface area contributed by atoms with Gasteiger partial charge in [0.25, 0.3) is 0 Å². The number of halogens is 2. The van der Waals surface area contributed by atoms with Gasteiger partial charge in [-0.25, -0.2) is 27.1 Å². The number of nitrogens with two attached hydrogens (primary N) is 1. The number of urea groups is 1. The highest BCUT2D eigenvalue weighted by atomic mass is 32.2. The highest BCUT2D eigenvalue weighted by Crippen LogP contribution is 2.18. The summed E-state index contributed by atoms with van der Waals surface area (Å²) in [6.07, 6.45) is 0. The lowest BCUT2D eigenvalue weighted by atomic mass is 10.1. The fourth-order valence-corrected chi connectivity index (χ4v) is 2.91. The van der Waals surface area contributed by atoms with Crippen molar-refractivity contribution in [2.45, 2.75) is 30.8 Å². The van der Waals surface area contributed by atoms with E-state index in [4.69, 9.17) is 5.14 Å². The number of rotatable bonds is 5. The van der Waals surface area contributed by atoms with Crippen LogP contribution >= 0.6 is 0 Å². The summed E-state index contributed by atoms with van der Waals surface area (Å²) in [5, 5.41) is 10.3. The third kappa shape index (κ3) is 4.99. The summed E-state index contributed by atoms with van der Waals surface area (Å²) in [6, 6.07) is 7.67. The van der Waals surface area contributed by atoms with Crippen LogP contribution in [0.4, 0.5) is 13.6 Å². The minimum atomic E-state index is -3.84. The molecule has 2 aromatic rings. The number of primary sulfonamides is 1. The zero-order valence-corrected chi connectivity index (χ0v) is 15.0. The number of benzene rings is 2. The van der Waals surface area contributed by atoms with E-state index >= 15 is 0 Å². The largest absolute Gasteiger partial charge is 0.332 e. The van der Waals surface area contributed by atoms with Crippen LogP contribution < -0.4 is 15.8 Å². The smallest absolute Gasteiger partial charge is 0.315 e. The van der Waals surface area contributed by atoms with Crippen LogP contribution in [0.25, 0.3) is 0 Å². The van der Waals surface area contributed by atoms with Gasteiger partial charge in [0.1, 0.15) is 0 Å². The van der Waals surface area contributed by atoms with Crippen LogP contribution in [0.3, 0.4) is 0 Å². The predicted molar refractivity (Wildman–Crippen MR) is 92.7 cm³/mol. The fourth-order valence-electron chi connectivity index (χ4n) is 2.34. The van der Waals surface area contributed by atoms with Gasteiger partial charge in [0.2, 0.25) is 10.0 Å². The van der Waals surface area contributed by atoms with Crippen molar-refractivity contribution in [1.82, 2.24) is 10.6 Å². The molecular formula is C17H19F2N3O3S. The Kier molecular flexibility index (Phi) is 5.94. The summed E-state index contributed by atoms with van der Waals surface area (Å²) in [6.45, 7) is 3.29. The Morgan fingerprint density at radius 1 is 0.962 bits per heavy atom. The summed E-state index contributed by atoms with van der Waals surface area (Å²) < 4.78 is 49.1. The van der Waals surface area contributed by atoms with Gasteiger partial charge in [0, 0.05) is 0 Å². The molecule has 0 radical (unpaired) electrons. The maximum atomic E-state index is 13.3. The molecule has 0 spiro atoms. The molecule has 0 fully saturated rings.